The number of nitrogens with one attached hydrogen (secondary N) is 1. The molecule has 0 spiro atoms. The van der Waals surface area contributed by atoms with Crippen LogP contribution in [0.25, 0.3) is 0 Å². The second-order valence-corrected chi connectivity index (χ2v) is 4.45. The van der Waals surface area contributed by atoms with Gasteiger partial charge in [-0.25, -0.2) is 0 Å². The van der Waals surface area contributed by atoms with E-state index in [0.717, 1.165) is 12.8 Å². The van der Waals surface area contributed by atoms with Crippen molar-refractivity contribution < 1.29 is 9.59 Å². The minimum absolute atomic E-state index is 0.0482. The Morgan fingerprint density at radius 2 is 2.12 bits per heavy atom. The lowest BCUT2D eigenvalue weighted by molar-refractivity contribution is -0.145. The highest BCUT2D eigenvalue weighted by atomic mass is 16.2. The van der Waals surface area contributed by atoms with Crippen molar-refractivity contribution >= 4 is 11.8 Å². The molecule has 0 bridgehead atoms. The van der Waals surface area contributed by atoms with E-state index in [1.807, 2.05) is 6.92 Å². The van der Waals surface area contributed by atoms with Gasteiger partial charge in [0.2, 0.25) is 11.8 Å². The van der Waals surface area contributed by atoms with Gasteiger partial charge >= 0.3 is 0 Å². The SMILES string of the molecule is CCCN(CC(=O)NC)C(=O)C1(C#N)CCC1. The van der Waals surface area contributed by atoms with Crippen molar-refractivity contribution in [3.05, 3.63) is 0 Å². The predicted octanol–water partition coefficient (Wildman–Crippen LogP) is 0.665. The van der Waals surface area contributed by atoms with Crippen LogP contribution >= 0.6 is 0 Å². The fourth-order valence-corrected chi connectivity index (χ4v) is 1.98. The molecule has 0 unspecified atom stereocenters. The summed E-state index contributed by atoms with van der Waals surface area (Å²) in [6.07, 6.45) is 2.94. The summed E-state index contributed by atoms with van der Waals surface area (Å²) >= 11 is 0. The highest BCUT2D eigenvalue weighted by Crippen LogP contribution is 2.41. The van der Waals surface area contributed by atoms with Crippen LogP contribution < -0.4 is 5.32 Å². The van der Waals surface area contributed by atoms with Gasteiger partial charge in [0.05, 0.1) is 12.6 Å². The number of rotatable bonds is 5. The standard InChI is InChI=1S/C12H19N3O2/c1-3-7-15(8-10(16)14-2)11(17)12(9-13)5-4-6-12/h3-8H2,1-2H3,(H,14,16). The molecule has 1 aliphatic rings. The molecule has 0 heterocycles. The molecule has 17 heavy (non-hydrogen) atoms. The molecule has 94 valence electrons. The summed E-state index contributed by atoms with van der Waals surface area (Å²) in [5, 5.41) is 11.6. The molecule has 1 aliphatic carbocycles. The number of amides is 2. The Morgan fingerprint density at radius 3 is 2.47 bits per heavy atom. The molecule has 5 heteroatoms. The van der Waals surface area contributed by atoms with Crippen molar-refractivity contribution in [1.82, 2.24) is 10.2 Å². The Hall–Kier alpha value is -1.57. The Labute approximate surface area is 102 Å². The molecule has 0 aromatic rings. The van der Waals surface area contributed by atoms with Crippen molar-refractivity contribution in [3.63, 3.8) is 0 Å². The zero-order chi connectivity index (χ0) is 12.9. The van der Waals surface area contributed by atoms with Crippen LogP contribution in [0.1, 0.15) is 32.6 Å². The van der Waals surface area contributed by atoms with E-state index >= 15 is 0 Å². The molecule has 0 atom stereocenters. The van der Waals surface area contributed by atoms with Crippen LogP contribution in [-0.2, 0) is 9.59 Å². The second kappa shape index (κ2) is 5.67. The predicted molar refractivity (Wildman–Crippen MR) is 62.8 cm³/mol. The molecule has 0 aromatic heterocycles. The summed E-state index contributed by atoms with van der Waals surface area (Å²) in [5.74, 6) is -0.379. The van der Waals surface area contributed by atoms with Crippen molar-refractivity contribution in [2.24, 2.45) is 5.41 Å². The number of carbonyl (C=O) groups excluding carboxylic acids is 2. The third kappa shape index (κ3) is 2.76. The first-order valence-electron chi connectivity index (χ1n) is 6.01. The van der Waals surface area contributed by atoms with Gasteiger partial charge in [-0.05, 0) is 25.7 Å². The molecule has 0 saturated heterocycles. The minimum atomic E-state index is -0.858. The van der Waals surface area contributed by atoms with Crippen molar-refractivity contribution in [2.45, 2.75) is 32.6 Å². The Morgan fingerprint density at radius 1 is 1.47 bits per heavy atom. The third-order valence-electron chi connectivity index (χ3n) is 3.22. The fourth-order valence-electron chi connectivity index (χ4n) is 1.98. The van der Waals surface area contributed by atoms with E-state index in [0.29, 0.717) is 19.4 Å². The maximum atomic E-state index is 12.2. The molecule has 1 N–H and O–H groups in total. The Balaban J connectivity index is 2.73. The van der Waals surface area contributed by atoms with Gasteiger partial charge in [0.25, 0.3) is 0 Å². The van der Waals surface area contributed by atoms with E-state index in [2.05, 4.69) is 11.4 Å². The topological polar surface area (TPSA) is 73.2 Å². The van der Waals surface area contributed by atoms with Crippen molar-refractivity contribution in [1.29, 1.82) is 5.26 Å². The molecule has 0 aromatic carbocycles. The van der Waals surface area contributed by atoms with Crippen LogP contribution in [0, 0.1) is 16.7 Å². The van der Waals surface area contributed by atoms with Gasteiger partial charge in [-0.2, -0.15) is 5.26 Å². The van der Waals surface area contributed by atoms with Crippen molar-refractivity contribution in [2.75, 3.05) is 20.1 Å². The van der Waals surface area contributed by atoms with E-state index in [1.54, 1.807) is 7.05 Å². The summed E-state index contributed by atoms with van der Waals surface area (Å²) in [4.78, 5) is 25.1. The first-order valence-corrected chi connectivity index (χ1v) is 6.01. The molecular formula is C12H19N3O2. The van der Waals surface area contributed by atoms with Crippen LogP contribution in [0.15, 0.2) is 0 Å². The molecular weight excluding hydrogens is 218 g/mol. The monoisotopic (exact) mass is 237 g/mol. The zero-order valence-corrected chi connectivity index (χ0v) is 10.5. The van der Waals surface area contributed by atoms with Crippen LogP contribution in [0.5, 0.6) is 0 Å². The van der Waals surface area contributed by atoms with Gasteiger partial charge in [-0.15, -0.1) is 0 Å². The zero-order valence-electron chi connectivity index (χ0n) is 10.5. The Kier molecular flexibility index (Phi) is 4.50. The number of hydrogen-bond acceptors (Lipinski definition) is 3. The highest BCUT2D eigenvalue weighted by Gasteiger charge is 2.46. The third-order valence-corrected chi connectivity index (χ3v) is 3.22. The molecule has 1 fully saturated rings. The molecule has 5 nitrogen and oxygen atoms in total. The average molecular weight is 237 g/mol. The first kappa shape index (κ1) is 13.5. The normalized spacial score (nSPS) is 16.5. The van der Waals surface area contributed by atoms with Crippen LogP contribution in [0.3, 0.4) is 0 Å². The fraction of sp³-hybridized carbons (Fsp3) is 0.750. The number of hydrogen-bond donors (Lipinski definition) is 1. The lowest BCUT2D eigenvalue weighted by atomic mass is 9.69. The summed E-state index contributed by atoms with van der Waals surface area (Å²) in [6, 6.07) is 2.12. The maximum absolute atomic E-state index is 12.2. The summed E-state index contributed by atoms with van der Waals surface area (Å²) < 4.78 is 0. The molecule has 0 aliphatic heterocycles. The number of nitriles is 1. The molecule has 1 saturated carbocycles. The molecule has 0 radical (unpaired) electrons. The summed E-state index contributed by atoms with van der Waals surface area (Å²) in [6.45, 7) is 2.52. The van der Waals surface area contributed by atoms with E-state index < -0.39 is 5.41 Å². The van der Waals surface area contributed by atoms with Gasteiger partial charge in [-0.1, -0.05) is 6.92 Å². The van der Waals surface area contributed by atoms with Gasteiger partial charge in [-0.3, -0.25) is 9.59 Å². The first-order chi connectivity index (χ1) is 8.09. The largest absolute Gasteiger partial charge is 0.358 e. The van der Waals surface area contributed by atoms with Gasteiger partial charge in [0.15, 0.2) is 0 Å². The van der Waals surface area contributed by atoms with Gasteiger partial charge in [0, 0.05) is 13.6 Å². The highest BCUT2D eigenvalue weighted by molar-refractivity contribution is 5.90. The van der Waals surface area contributed by atoms with E-state index in [1.165, 1.54) is 4.90 Å². The van der Waals surface area contributed by atoms with Crippen LogP contribution in [0.2, 0.25) is 0 Å². The van der Waals surface area contributed by atoms with E-state index in [9.17, 15) is 9.59 Å². The van der Waals surface area contributed by atoms with E-state index in [-0.39, 0.29) is 18.4 Å². The lowest BCUT2D eigenvalue weighted by Crippen LogP contribution is -2.50. The number of carbonyl (C=O) groups is 2. The second-order valence-electron chi connectivity index (χ2n) is 4.45. The molecule has 2 amide bonds. The summed E-state index contributed by atoms with van der Waals surface area (Å²) in [7, 11) is 1.54. The van der Waals surface area contributed by atoms with Crippen LogP contribution in [0.4, 0.5) is 0 Å². The lowest BCUT2D eigenvalue weighted by Gasteiger charge is -2.37. The smallest absolute Gasteiger partial charge is 0.243 e. The number of nitrogens with zero attached hydrogens (tertiary/aromatic N) is 2. The average Bonchev–Trinajstić information content (AvgIpc) is 2.27. The molecule has 1 rings (SSSR count). The Bertz CT molecular complexity index is 342. The van der Waals surface area contributed by atoms with Gasteiger partial charge in [0.1, 0.15) is 5.41 Å². The minimum Gasteiger partial charge on any atom is -0.358 e. The number of likely N-dealkylation sites (N-methyl/N-ethyl adjacent to an activating group) is 1. The maximum Gasteiger partial charge on any atom is 0.243 e. The summed E-state index contributed by atoms with van der Waals surface area (Å²) in [5.41, 5.74) is -0.858. The quantitative estimate of drug-likeness (QED) is 0.763. The van der Waals surface area contributed by atoms with Gasteiger partial charge < -0.3 is 10.2 Å². The van der Waals surface area contributed by atoms with Crippen molar-refractivity contribution in [3.8, 4) is 6.07 Å². The van der Waals surface area contributed by atoms with Crippen LogP contribution in [-0.4, -0.2) is 36.9 Å². The van der Waals surface area contributed by atoms with E-state index in [4.69, 9.17) is 5.26 Å².